The molecule has 0 aromatic rings. The van der Waals surface area contributed by atoms with Gasteiger partial charge in [0, 0.05) is 0 Å². The van der Waals surface area contributed by atoms with Gasteiger partial charge in [-0.3, -0.25) is 4.79 Å². The Kier molecular flexibility index (Phi) is 2.21. The van der Waals surface area contributed by atoms with Crippen LogP contribution in [-0.2, 0) is 4.79 Å². The van der Waals surface area contributed by atoms with Crippen molar-refractivity contribution in [3.63, 3.8) is 0 Å². The summed E-state index contributed by atoms with van der Waals surface area (Å²) in [4.78, 5) is 10.9. The van der Waals surface area contributed by atoms with Crippen LogP contribution in [0.5, 0.6) is 0 Å². The molecule has 0 amide bonds. The lowest BCUT2D eigenvalue weighted by Crippen LogP contribution is -2.36. The highest BCUT2D eigenvalue weighted by Gasteiger charge is 2.40. The van der Waals surface area contributed by atoms with Crippen LogP contribution < -0.4 is 0 Å². The Balaban J connectivity index is 2.72. The summed E-state index contributed by atoms with van der Waals surface area (Å²) >= 11 is 0. The fraction of sp³-hybridized carbons (Fsp3) is 0.889. The van der Waals surface area contributed by atoms with Gasteiger partial charge in [-0.05, 0) is 25.7 Å². The molecule has 1 rings (SSSR count). The second kappa shape index (κ2) is 2.84. The summed E-state index contributed by atoms with van der Waals surface area (Å²) in [5.41, 5.74) is -0.446. The second-order valence-corrected chi connectivity index (χ2v) is 3.87. The van der Waals surface area contributed by atoms with Crippen LogP contribution in [0.2, 0.25) is 0 Å². The minimum absolute atomic E-state index is 0.341. The zero-order chi connectivity index (χ0) is 8.48. The number of carboxylic acids is 1. The lowest BCUT2D eigenvalue weighted by molar-refractivity contribution is -0.153. The van der Waals surface area contributed by atoms with E-state index >= 15 is 0 Å². The van der Waals surface area contributed by atoms with E-state index in [-0.39, 0.29) is 0 Å². The summed E-state index contributed by atoms with van der Waals surface area (Å²) in [5.74, 6) is -0.279. The summed E-state index contributed by atoms with van der Waals surface area (Å²) in [7, 11) is 0. The SMILES string of the molecule is C[C@H]1CCCC[C@@]1(C)C(=O)O. The number of carboxylic acid groups (broad SMARTS) is 1. The van der Waals surface area contributed by atoms with Gasteiger partial charge in [-0.2, -0.15) is 0 Å². The number of rotatable bonds is 1. The summed E-state index contributed by atoms with van der Waals surface area (Å²) in [6.45, 7) is 3.92. The van der Waals surface area contributed by atoms with Crippen LogP contribution in [0.3, 0.4) is 0 Å². The lowest BCUT2D eigenvalue weighted by Gasteiger charge is -2.35. The number of carbonyl (C=O) groups is 1. The molecule has 0 radical (unpaired) electrons. The van der Waals surface area contributed by atoms with Gasteiger partial charge in [0.2, 0.25) is 0 Å². The van der Waals surface area contributed by atoms with Crippen LogP contribution in [0.25, 0.3) is 0 Å². The summed E-state index contributed by atoms with van der Waals surface area (Å²) in [6.07, 6.45) is 4.20. The molecule has 0 bridgehead atoms. The van der Waals surface area contributed by atoms with Crippen LogP contribution in [0, 0.1) is 11.3 Å². The smallest absolute Gasteiger partial charge is 0.309 e. The maximum Gasteiger partial charge on any atom is 0.309 e. The van der Waals surface area contributed by atoms with Crippen LogP contribution in [0.1, 0.15) is 39.5 Å². The molecular formula is C9H16O2. The summed E-state index contributed by atoms with van der Waals surface area (Å²) in [6, 6.07) is 0. The molecule has 0 aromatic carbocycles. The first-order chi connectivity index (χ1) is 5.07. The highest BCUT2D eigenvalue weighted by molar-refractivity contribution is 5.74. The average molecular weight is 156 g/mol. The molecule has 0 heterocycles. The minimum atomic E-state index is -0.621. The Morgan fingerprint density at radius 1 is 1.55 bits per heavy atom. The van der Waals surface area contributed by atoms with Crippen molar-refractivity contribution >= 4 is 5.97 Å². The van der Waals surface area contributed by atoms with Gasteiger partial charge in [0.1, 0.15) is 0 Å². The highest BCUT2D eigenvalue weighted by Crippen LogP contribution is 2.40. The summed E-state index contributed by atoms with van der Waals surface area (Å²) < 4.78 is 0. The quantitative estimate of drug-likeness (QED) is 0.632. The zero-order valence-electron chi connectivity index (χ0n) is 7.26. The van der Waals surface area contributed by atoms with Crippen LogP contribution in [0.4, 0.5) is 0 Å². The molecule has 11 heavy (non-hydrogen) atoms. The molecule has 64 valence electrons. The first kappa shape index (κ1) is 8.57. The van der Waals surface area contributed by atoms with Crippen molar-refractivity contribution in [2.45, 2.75) is 39.5 Å². The van der Waals surface area contributed by atoms with Gasteiger partial charge in [0.25, 0.3) is 0 Å². The summed E-state index contributed by atoms with van der Waals surface area (Å²) in [5, 5.41) is 8.97. The highest BCUT2D eigenvalue weighted by atomic mass is 16.4. The first-order valence-corrected chi connectivity index (χ1v) is 4.31. The van der Waals surface area contributed by atoms with Crippen molar-refractivity contribution in [3.05, 3.63) is 0 Å². The topological polar surface area (TPSA) is 37.3 Å². The lowest BCUT2D eigenvalue weighted by atomic mass is 9.68. The fourth-order valence-corrected chi connectivity index (χ4v) is 1.83. The molecule has 0 aromatic heterocycles. The van der Waals surface area contributed by atoms with E-state index in [4.69, 9.17) is 5.11 Å². The van der Waals surface area contributed by atoms with Gasteiger partial charge < -0.3 is 5.11 Å². The van der Waals surface area contributed by atoms with Gasteiger partial charge in [0.15, 0.2) is 0 Å². The first-order valence-electron chi connectivity index (χ1n) is 4.31. The normalized spacial score (nSPS) is 38.5. The molecule has 2 nitrogen and oxygen atoms in total. The van der Waals surface area contributed by atoms with E-state index in [0.29, 0.717) is 5.92 Å². The van der Waals surface area contributed by atoms with Gasteiger partial charge in [-0.1, -0.05) is 19.8 Å². The Bertz CT molecular complexity index is 165. The molecule has 2 atom stereocenters. The van der Waals surface area contributed by atoms with Crippen LogP contribution >= 0.6 is 0 Å². The van der Waals surface area contributed by atoms with Gasteiger partial charge in [-0.15, -0.1) is 0 Å². The monoisotopic (exact) mass is 156 g/mol. The van der Waals surface area contributed by atoms with Crippen LogP contribution in [-0.4, -0.2) is 11.1 Å². The minimum Gasteiger partial charge on any atom is -0.481 e. The number of hydrogen-bond acceptors (Lipinski definition) is 1. The molecule has 2 heteroatoms. The molecule has 1 saturated carbocycles. The Morgan fingerprint density at radius 3 is 2.55 bits per heavy atom. The van der Waals surface area contributed by atoms with Gasteiger partial charge >= 0.3 is 5.97 Å². The third-order valence-corrected chi connectivity index (χ3v) is 3.16. The Morgan fingerprint density at radius 2 is 2.18 bits per heavy atom. The second-order valence-electron chi connectivity index (χ2n) is 3.87. The van der Waals surface area contributed by atoms with E-state index in [0.717, 1.165) is 19.3 Å². The van der Waals surface area contributed by atoms with E-state index < -0.39 is 11.4 Å². The van der Waals surface area contributed by atoms with E-state index in [9.17, 15) is 4.79 Å². The van der Waals surface area contributed by atoms with Crippen molar-refractivity contribution in [1.82, 2.24) is 0 Å². The maximum atomic E-state index is 10.9. The van der Waals surface area contributed by atoms with Crippen molar-refractivity contribution < 1.29 is 9.90 Å². The molecular weight excluding hydrogens is 140 g/mol. The van der Waals surface area contributed by atoms with E-state index in [1.165, 1.54) is 6.42 Å². The Labute approximate surface area is 67.6 Å². The van der Waals surface area contributed by atoms with Crippen molar-refractivity contribution in [2.75, 3.05) is 0 Å². The molecule has 1 fully saturated rings. The zero-order valence-corrected chi connectivity index (χ0v) is 7.26. The predicted molar refractivity (Wildman–Crippen MR) is 43.4 cm³/mol. The van der Waals surface area contributed by atoms with E-state index in [1.54, 1.807) is 0 Å². The van der Waals surface area contributed by atoms with E-state index in [1.807, 2.05) is 13.8 Å². The molecule has 1 N–H and O–H groups in total. The molecule has 0 spiro atoms. The van der Waals surface area contributed by atoms with Gasteiger partial charge in [-0.25, -0.2) is 0 Å². The maximum absolute atomic E-state index is 10.9. The molecule has 0 unspecified atom stereocenters. The van der Waals surface area contributed by atoms with E-state index in [2.05, 4.69) is 0 Å². The molecule has 0 saturated heterocycles. The fourth-order valence-electron chi connectivity index (χ4n) is 1.83. The molecule has 1 aliphatic rings. The standard InChI is InChI=1S/C9H16O2/c1-7-5-3-4-6-9(7,2)8(10)11/h7H,3-6H2,1-2H3,(H,10,11)/t7-,9+/m0/s1. The van der Waals surface area contributed by atoms with Crippen molar-refractivity contribution in [1.29, 1.82) is 0 Å². The van der Waals surface area contributed by atoms with Crippen molar-refractivity contribution in [3.8, 4) is 0 Å². The molecule has 1 aliphatic carbocycles. The average Bonchev–Trinajstić information content (AvgIpc) is 1.95. The largest absolute Gasteiger partial charge is 0.481 e. The van der Waals surface area contributed by atoms with Crippen LogP contribution in [0.15, 0.2) is 0 Å². The predicted octanol–water partition coefficient (Wildman–Crippen LogP) is 2.29. The third kappa shape index (κ3) is 1.39. The Hall–Kier alpha value is -0.530. The number of aliphatic carboxylic acids is 1. The molecule has 0 aliphatic heterocycles. The third-order valence-electron chi connectivity index (χ3n) is 3.16. The van der Waals surface area contributed by atoms with Crippen molar-refractivity contribution in [2.24, 2.45) is 11.3 Å². The van der Waals surface area contributed by atoms with Gasteiger partial charge in [0.05, 0.1) is 5.41 Å². The number of hydrogen-bond donors (Lipinski definition) is 1.